The summed E-state index contributed by atoms with van der Waals surface area (Å²) in [7, 11) is 0. The van der Waals surface area contributed by atoms with Crippen molar-refractivity contribution in [2.45, 2.75) is 90.5 Å². The van der Waals surface area contributed by atoms with Crippen molar-refractivity contribution in [2.75, 3.05) is 19.8 Å². The topological polar surface area (TPSA) is 136 Å². The number of carbonyl (C=O) groups is 4. The van der Waals surface area contributed by atoms with Crippen LogP contribution >= 0.6 is 0 Å². The second-order valence-corrected chi connectivity index (χ2v) is 10.5. The summed E-state index contributed by atoms with van der Waals surface area (Å²) >= 11 is 0. The van der Waals surface area contributed by atoms with Gasteiger partial charge in [0.2, 0.25) is 5.91 Å². The predicted octanol–water partition coefficient (Wildman–Crippen LogP) is 2.96. The number of alkyl halides is 1. The smallest absolute Gasteiger partial charge is 0.226 e. The van der Waals surface area contributed by atoms with Gasteiger partial charge < -0.3 is 16.4 Å². The van der Waals surface area contributed by atoms with E-state index in [1.54, 1.807) is 4.90 Å². The molecule has 1 saturated heterocycles. The molecule has 0 aromatic carbocycles. The minimum Gasteiger partial charge on any atom is -0.370 e. The fourth-order valence-corrected chi connectivity index (χ4v) is 5.41. The summed E-state index contributed by atoms with van der Waals surface area (Å²) in [5.74, 6) is -2.08. The molecule has 0 aromatic heterocycles. The largest absolute Gasteiger partial charge is 0.370 e. The molecule has 198 valence electrons. The second-order valence-electron chi connectivity index (χ2n) is 10.5. The Hall–Kier alpha value is -2.32. The van der Waals surface area contributed by atoms with Crippen LogP contribution in [0.4, 0.5) is 4.39 Å². The van der Waals surface area contributed by atoms with E-state index < -0.39 is 30.3 Å². The van der Waals surface area contributed by atoms with Crippen LogP contribution in [0.2, 0.25) is 0 Å². The quantitative estimate of drug-likeness (QED) is 0.216. The number of nitrogens with two attached hydrogens (primary N) is 2. The van der Waals surface area contributed by atoms with Crippen LogP contribution in [0.1, 0.15) is 84.5 Å². The molecule has 9 heteroatoms. The van der Waals surface area contributed by atoms with Gasteiger partial charge in [0, 0.05) is 43.7 Å². The van der Waals surface area contributed by atoms with Crippen molar-refractivity contribution < 1.29 is 23.6 Å². The maximum Gasteiger partial charge on any atom is 0.226 e. The van der Waals surface area contributed by atoms with Crippen molar-refractivity contribution in [3.63, 3.8) is 0 Å². The lowest BCUT2D eigenvalue weighted by atomic mass is 9.80. The Bertz CT molecular complexity index is 775. The predicted molar refractivity (Wildman–Crippen MR) is 133 cm³/mol. The monoisotopic (exact) mass is 494 g/mol. The molecular weight excluding hydrogens is 451 g/mol. The summed E-state index contributed by atoms with van der Waals surface area (Å²) in [5, 5.41) is 0. The van der Waals surface area contributed by atoms with Crippen LogP contribution in [0.3, 0.4) is 0 Å². The number of nitrogens with zero attached hydrogens (tertiary/aromatic N) is 2. The van der Waals surface area contributed by atoms with Crippen molar-refractivity contribution in [3.8, 4) is 0 Å². The highest BCUT2D eigenvalue weighted by Gasteiger charge is 2.40. The van der Waals surface area contributed by atoms with Crippen molar-refractivity contribution in [2.24, 2.45) is 40.1 Å². The van der Waals surface area contributed by atoms with Crippen LogP contribution in [0.5, 0.6) is 0 Å². The van der Waals surface area contributed by atoms with Gasteiger partial charge in [-0.05, 0) is 44.4 Å². The number of halogens is 1. The SMILES string of the molecule is CC(C)[C@H](CC(=O)C1CCCCC1)C(=O)N1CCC[C@H]1C(=O)C[C@@H](CCCN=C(N)N)C(=O)CF. The first-order chi connectivity index (χ1) is 16.6. The van der Waals surface area contributed by atoms with Crippen LogP contribution in [-0.2, 0) is 19.2 Å². The summed E-state index contributed by atoms with van der Waals surface area (Å²) in [6, 6.07) is -0.624. The standard InChI is InChI=1S/C26H43FN4O4/c1-17(2)20(15-22(32)18-8-4-3-5-9-18)25(35)31-13-7-11-21(31)23(33)14-19(24(34)16-27)10-6-12-30-26(28)29/h17-21H,3-16H2,1-2H3,(H4,28,29,30)/t19-,20+,21+/m1/s1. The van der Waals surface area contributed by atoms with Gasteiger partial charge in [-0.25, -0.2) is 4.39 Å². The molecular formula is C26H43FN4O4. The van der Waals surface area contributed by atoms with E-state index in [9.17, 15) is 23.6 Å². The van der Waals surface area contributed by atoms with Crippen molar-refractivity contribution in [3.05, 3.63) is 0 Å². The first-order valence-corrected chi connectivity index (χ1v) is 13.2. The molecule has 0 spiro atoms. The summed E-state index contributed by atoms with van der Waals surface area (Å²) < 4.78 is 13.2. The van der Waals surface area contributed by atoms with E-state index in [-0.39, 0.29) is 48.1 Å². The molecule has 2 fully saturated rings. The van der Waals surface area contributed by atoms with Gasteiger partial charge in [-0.2, -0.15) is 0 Å². The van der Waals surface area contributed by atoms with E-state index in [0.29, 0.717) is 38.8 Å². The fourth-order valence-electron chi connectivity index (χ4n) is 5.41. The van der Waals surface area contributed by atoms with E-state index in [0.717, 1.165) is 32.1 Å². The van der Waals surface area contributed by atoms with Gasteiger partial charge in [-0.1, -0.05) is 33.1 Å². The molecule has 35 heavy (non-hydrogen) atoms. The molecule has 1 saturated carbocycles. The Labute approximate surface area is 208 Å². The van der Waals surface area contributed by atoms with Gasteiger partial charge in [0.25, 0.3) is 0 Å². The molecule has 1 aliphatic carbocycles. The highest BCUT2D eigenvalue weighted by Crippen LogP contribution is 2.31. The average molecular weight is 495 g/mol. The number of ketones is 3. The Morgan fingerprint density at radius 3 is 2.26 bits per heavy atom. The molecule has 0 unspecified atom stereocenters. The fraction of sp³-hybridized carbons (Fsp3) is 0.808. The van der Waals surface area contributed by atoms with Crippen molar-refractivity contribution in [1.29, 1.82) is 0 Å². The zero-order valence-corrected chi connectivity index (χ0v) is 21.3. The number of carbonyl (C=O) groups excluding carboxylic acids is 4. The summed E-state index contributed by atoms with van der Waals surface area (Å²) in [5.41, 5.74) is 10.6. The first kappa shape index (κ1) is 28.9. The molecule has 0 aromatic rings. The number of aliphatic imine (C=N–C) groups is 1. The lowest BCUT2D eigenvalue weighted by molar-refractivity contribution is -0.144. The van der Waals surface area contributed by atoms with Gasteiger partial charge in [0.15, 0.2) is 17.5 Å². The van der Waals surface area contributed by atoms with Crippen molar-refractivity contribution >= 4 is 29.2 Å². The zero-order valence-electron chi connectivity index (χ0n) is 21.3. The first-order valence-electron chi connectivity index (χ1n) is 13.2. The van der Waals surface area contributed by atoms with Crippen LogP contribution in [0.25, 0.3) is 0 Å². The number of guanidine groups is 1. The normalized spacial score (nSPS) is 20.5. The third kappa shape index (κ3) is 8.69. The van der Waals surface area contributed by atoms with Crippen LogP contribution in [0, 0.1) is 23.7 Å². The number of Topliss-reactive ketones (excluding diaryl/α,β-unsaturated/α-hetero) is 3. The molecule has 0 radical (unpaired) electrons. The maximum absolute atomic E-state index is 13.5. The minimum atomic E-state index is -1.13. The number of likely N-dealkylation sites (tertiary alicyclic amines) is 1. The van der Waals surface area contributed by atoms with Gasteiger partial charge >= 0.3 is 0 Å². The molecule has 1 aliphatic heterocycles. The number of hydrogen-bond donors (Lipinski definition) is 2. The second kappa shape index (κ2) is 14.3. The highest BCUT2D eigenvalue weighted by molar-refractivity contribution is 5.95. The van der Waals surface area contributed by atoms with Gasteiger partial charge in [0.05, 0.1) is 6.04 Å². The van der Waals surface area contributed by atoms with E-state index in [2.05, 4.69) is 4.99 Å². The molecule has 4 N–H and O–H groups in total. The maximum atomic E-state index is 13.5. The van der Waals surface area contributed by atoms with Gasteiger partial charge in [-0.3, -0.25) is 24.2 Å². The van der Waals surface area contributed by atoms with E-state index in [1.807, 2.05) is 13.8 Å². The minimum absolute atomic E-state index is 0.0252. The summed E-state index contributed by atoms with van der Waals surface area (Å²) in [6.45, 7) is 3.51. The molecule has 2 rings (SSSR count). The lowest BCUT2D eigenvalue weighted by Crippen LogP contribution is -2.46. The van der Waals surface area contributed by atoms with E-state index in [1.165, 1.54) is 0 Å². The number of hydrogen-bond acceptors (Lipinski definition) is 5. The van der Waals surface area contributed by atoms with Gasteiger partial charge in [0.1, 0.15) is 12.5 Å². The van der Waals surface area contributed by atoms with Crippen LogP contribution in [-0.4, -0.2) is 59.9 Å². The number of rotatable bonds is 14. The Morgan fingerprint density at radius 1 is 0.971 bits per heavy atom. The molecule has 8 nitrogen and oxygen atoms in total. The van der Waals surface area contributed by atoms with Crippen LogP contribution in [0.15, 0.2) is 4.99 Å². The average Bonchev–Trinajstić information content (AvgIpc) is 3.33. The Morgan fingerprint density at radius 2 is 1.66 bits per heavy atom. The Kier molecular flexibility index (Phi) is 11.8. The number of amides is 1. The third-order valence-electron chi connectivity index (χ3n) is 7.55. The van der Waals surface area contributed by atoms with Crippen LogP contribution < -0.4 is 11.5 Å². The third-order valence-corrected chi connectivity index (χ3v) is 7.55. The molecule has 1 heterocycles. The van der Waals surface area contributed by atoms with E-state index >= 15 is 0 Å². The van der Waals surface area contributed by atoms with Crippen molar-refractivity contribution in [1.82, 2.24) is 4.90 Å². The van der Waals surface area contributed by atoms with E-state index in [4.69, 9.17) is 11.5 Å². The highest BCUT2D eigenvalue weighted by atomic mass is 19.1. The molecule has 2 aliphatic rings. The Balaban J connectivity index is 2.04. The molecule has 1 amide bonds. The summed E-state index contributed by atoms with van der Waals surface area (Å²) in [4.78, 5) is 57.3. The summed E-state index contributed by atoms with van der Waals surface area (Å²) in [6.07, 6.45) is 7.16. The van der Waals surface area contributed by atoms with Gasteiger partial charge in [-0.15, -0.1) is 0 Å². The lowest BCUT2D eigenvalue weighted by Gasteiger charge is -2.31. The zero-order chi connectivity index (χ0) is 26.0. The molecule has 3 atom stereocenters. The molecule has 0 bridgehead atoms.